The van der Waals surface area contributed by atoms with Crippen molar-refractivity contribution in [1.29, 1.82) is 0 Å². The Labute approximate surface area is 389 Å². The Kier molecular flexibility index (Phi) is 22.8. The van der Waals surface area contributed by atoms with E-state index in [0.717, 1.165) is 35.1 Å². The number of benzene rings is 4. The minimum absolute atomic E-state index is 0.0221. The fraction of sp³-hybridized carbons (Fsp3) is 0.423. The van der Waals surface area contributed by atoms with Gasteiger partial charge in [0.2, 0.25) is 17.7 Å². The Bertz CT molecular complexity index is 2170. The Hall–Kier alpha value is -6.70. The van der Waals surface area contributed by atoms with E-state index in [1.54, 1.807) is 35.0 Å². The second-order valence-electron chi connectivity index (χ2n) is 16.4. The van der Waals surface area contributed by atoms with Crippen molar-refractivity contribution in [2.75, 3.05) is 46.3 Å². The molecule has 0 aliphatic rings. The number of nitrogens with zero attached hydrogens (tertiary/aromatic N) is 2. The van der Waals surface area contributed by atoms with Crippen molar-refractivity contribution in [2.45, 2.75) is 97.7 Å². The number of hydrogen-bond donors (Lipinski definition) is 4. The molecule has 0 unspecified atom stereocenters. The van der Waals surface area contributed by atoms with Crippen molar-refractivity contribution >= 4 is 35.5 Å². The van der Waals surface area contributed by atoms with Crippen LogP contribution in [0.1, 0.15) is 114 Å². The van der Waals surface area contributed by atoms with Crippen molar-refractivity contribution in [3.63, 3.8) is 0 Å². The lowest BCUT2D eigenvalue weighted by atomic mass is 10.0. The van der Waals surface area contributed by atoms with E-state index < -0.39 is 5.97 Å². The zero-order valence-corrected chi connectivity index (χ0v) is 38.8. The van der Waals surface area contributed by atoms with Crippen LogP contribution in [0, 0.1) is 13.8 Å². The summed E-state index contributed by atoms with van der Waals surface area (Å²) in [5.74, 6) is -1.11. The molecule has 0 heterocycles. The van der Waals surface area contributed by atoms with Crippen LogP contribution in [-0.4, -0.2) is 96.7 Å². The van der Waals surface area contributed by atoms with Gasteiger partial charge < -0.3 is 40.3 Å². The Morgan fingerprint density at radius 3 is 1.80 bits per heavy atom. The van der Waals surface area contributed by atoms with E-state index in [2.05, 4.69) is 16.0 Å². The molecular formula is C52H67N5O9. The van der Waals surface area contributed by atoms with E-state index >= 15 is 0 Å². The predicted octanol–water partition coefficient (Wildman–Crippen LogP) is 7.40. The first-order valence-corrected chi connectivity index (χ1v) is 23.0. The lowest BCUT2D eigenvalue weighted by molar-refractivity contribution is -0.137. The summed E-state index contributed by atoms with van der Waals surface area (Å²) in [7, 11) is 1.70. The monoisotopic (exact) mass is 905 g/mol. The Morgan fingerprint density at radius 2 is 1.11 bits per heavy atom. The third-order valence-electron chi connectivity index (χ3n) is 11.2. The normalized spacial score (nSPS) is 10.7. The molecule has 0 fully saturated rings. The van der Waals surface area contributed by atoms with E-state index in [1.165, 1.54) is 0 Å². The van der Waals surface area contributed by atoms with E-state index in [0.29, 0.717) is 94.1 Å². The first-order valence-electron chi connectivity index (χ1n) is 23.0. The number of ether oxygens (including phenoxy) is 2. The van der Waals surface area contributed by atoms with Gasteiger partial charge in [0, 0.05) is 77.6 Å². The maximum atomic E-state index is 13.7. The lowest BCUT2D eigenvalue weighted by Gasteiger charge is -2.23. The molecule has 0 saturated carbocycles. The van der Waals surface area contributed by atoms with Gasteiger partial charge in [0.25, 0.3) is 11.8 Å². The number of rotatable bonds is 30. The summed E-state index contributed by atoms with van der Waals surface area (Å²) in [4.78, 5) is 79.1. The molecule has 0 saturated heterocycles. The molecule has 4 rings (SSSR count). The maximum absolute atomic E-state index is 13.7. The molecule has 354 valence electrons. The van der Waals surface area contributed by atoms with E-state index in [1.807, 2.05) is 92.7 Å². The van der Waals surface area contributed by atoms with Crippen LogP contribution in [-0.2, 0) is 32.4 Å². The minimum Gasteiger partial charge on any atom is -0.485 e. The highest BCUT2D eigenvalue weighted by Crippen LogP contribution is 2.33. The van der Waals surface area contributed by atoms with E-state index in [9.17, 15) is 28.8 Å². The summed E-state index contributed by atoms with van der Waals surface area (Å²) in [6.07, 6.45) is 4.50. The van der Waals surface area contributed by atoms with Gasteiger partial charge >= 0.3 is 5.97 Å². The van der Waals surface area contributed by atoms with Crippen molar-refractivity contribution in [1.82, 2.24) is 25.8 Å². The van der Waals surface area contributed by atoms with Crippen LogP contribution in [0.15, 0.2) is 97.1 Å². The van der Waals surface area contributed by atoms with E-state index in [-0.39, 0.29) is 68.4 Å². The van der Waals surface area contributed by atoms with Crippen LogP contribution in [0.3, 0.4) is 0 Å². The number of hydrogen-bond acceptors (Lipinski definition) is 8. The van der Waals surface area contributed by atoms with Gasteiger partial charge in [-0.05, 0) is 99.2 Å². The molecule has 0 bridgehead atoms. The van der Waals surface area contributed by atoms with Crippen molar-refractivity contribution in [2.24, 2.45) is 0 Å². The number of carboxylic acid groups (broad SMARTS) is 1. The molecule has 0 radical (unpaired) electrons. The average Bonchev–Trinajstić information content (AvgIpc) is 3.32. The van der Waals surface area contributed by atoms with Crippen LogP contribution in [0.25, 0.3) is 0 Å². The molecule has 0 atom stereocenters. The SMILES string of the molecule is Cc1cccc(C(=O)NCCCCN(CCCNC(=O)c2cccc(OCc3ccccc3)c2OCc2ccccc2)C(=O)CCC(=O)NCCCCCN(C)C(=O)CCCC(=O)O)c1C. The highest BCUT2D eigenvalue weighted by Gasteiger charge is 2.20. The van der Waals surface area contributed by atoms with Crippen molar-refractivity contribution < 1.29 is 43.3 Å². The van der Waals surface area contributed by atoms with Crippen LogP contribution >= 0.6 is 0 Å². The average molecular weight is 906 g/mol. The molecule has 5 amide bonds. The molecule has 4 aromatic carbocycles. The van der Waals surface area contributed by atoms with Gasteiger partial charge in [-0.1, -0.05) is 78.9 Å². The first kappa shape index (κ1) is 51.9. The number of aryl methyl sites for hydroxylation is 1. The zero-order chi connectivity index (χ0) is 47.5. The van der Waals surface area contributed by atoms with Gasteiger partial charge in [0.05, 0.1) is 5.56 Å². The largest absolute Gasteiger partial charge is 0.485 e. The second kappa shape index (κ2) is 29.0. The molecular weight excluding hydrogens is 839 g/mol. The number of carboxylic acids is 1. The van der Waals surface area contributed by atoms with Gasteiger partial charge in [-0.25, -0.2) is 0 Å². The molecule has 4 N–H and O–H groups in total. The summed E-state index contributed by atoms with van der Waals surface area (Å²) in [6, 6.07) is 30.3. The fourth-order valence-electron chi connectivity index (χ4n) is 7.12. The van der Waals surface area contributed by atoms with Gasteiger partial charge in [-0.2, -0.15) is 0 Å². The lowest BCUT2D eigenvalue weighted by Crippen LogP contribution is -2.36. The number of para-hydroxylation sites is 1. The van der Waals surface area contributed by atoms with Crippen LogP contribution in [0.4, 0.5) is 0 Å². The number of nitrogens with one attached hydrogen (secondary N) is 3. The predicted molar refractivity (Wildman–Crippen MR) is 254 cm³/mol. The highest BCUT2D eigenvalue weighted by molar-refractivity contribution is 5.98. The zero-order valence-electron chi connectivity index (χ0n) is 38.8. The maximum Gasteiger partial charge on any atom is 0.303 e. The topological polar surface area (TPSA) is 184 Å². The van der Waals surface area contributed by atoms with Gasteiger partial charge in [-0.3, -0.25) is 28.8 Å². The van der Waals surface area contributed by atoms with Crippen molar-refractivity contribution in [3.8, 4) is 11.5 Å². The summed E-state index contributed by atoms with van der Waals surface area (Å²) in [6.45, 7) is 6.90. The standard InChI is InChI=1S/C52H67N5O9/c1-39-19-15-24-43(40(39)2)51(63)54-32-12-14-35-57(48(60)30-29-46(58)53-31-11-6-13-34-56(3)47(59)27-17-28-49(61)62)36-18-33-55-52(64)44-25-16-26-45(65-37-41-20-7-4-8-21-41)50(44)66-38-42-22-9-5-10-23-42/h4-5,7-10,15-16,19-26H,6,11-14,17-18,27-38H2,1-3H3,(H,53,58)(H,54,63)(H,55,64)(H,61,62). The molecule has 0 aliphatic carbocycles. The van der Waals surface area contributed by atoms with Gasteiger partial charge in [0.1, 0.15) is 13.2 Å². The summed E-state index contributed by atoms with van der Waals surface area (Å²) >= 11 is 0. The van der Waals surface area contributed by atoms with Gasteiger partial charge in [0.15, 0.2) is 11.5 Å². The number of aliphatic carboxylic acids is 1. The van der Waals surface area contributed by atoms with Gasteiger partial charge in [-0.15, -0.1) is 0 Å². The van der Waals surface area contributed by atoms with E-state index in [4.69, 9.17) is 14.6 Å². The fourth-order valence-corrected chi connectivity index (χ4v) is 7.12. The highest BCUT2D eigenvalue weighted by atomic mass is 16.5. The van der Waals surface area contributed by atoms with Crippen LogP contribution in [0.2, 0.25) is 0 Å². The third-order valence-corrected chi connectivity index (χ3v) is 11.2. The quantitative estimate of drug-likeness (QED) is 0.0388. The number of carbonyl (C=O) groups is 6. The van der Waals surface area contributed by atoms with Crippen molar-refractivity contribution in [3.05, 3.63) is 130 Å². The third kappa shape index (κ3) is 18.8. The summed E-state index contributed by atoms with van der Waals surface area (Å²) in [5, 5.41) is 17.7. The minimum atomic E-state index is -0.916. The first-order chi connectivity index (χ1) is 31.9. The number of amides is 5. The molecule has 66 heavy (non-hydrogen) atoms. The molecule has 0 spiro atoms. The summed E-state index contributed by atoms with van der Waals surface area (Å²) in [5.41, 5.74) is 4.85. The van der Waals surface area contributed by atoms with Crippen LogP contribution in [0.5, 0.6) is 11.5 Å². The molecule has 4 aromatic rings. The van der Waals surface area contributed by atoms with Crippen LogP contribution < -0.4 is 25.4 Å². The summed E-state index contributed by atoms with van der Waals surface area (Å²) < 4.78 is 12.4. The Balaban J connectivity index is 1.28. The second-order valence-corrected chi connectivity index (χ2v) is 16.4. The number of carbonyl (C=O) groups excluding carboxylic acids is 5. The molecule has 0 aromatic heterocycles. The Morgan fingerprint density at radius 1 is 0.530 bits per heavy atom. The molecule has 0 aliphatic heterocycles. The smallest absolute Gasteiger partial charge is 0.303 e. The number of unbranched alkanes of at least 4 members (excludes halogenated alkanes) is 3. The molecule has 14 nitrogen and oxygen atoms in total. The molecule has 14 heteroatoms.